The van der Waals surface area contributed by atoms with Crippen LogP contribution in [0, 0.1) is 12.8 Å². The van der Waals surface area contributed by atoms with Gasteiger partial charge in [0, 0.05) is 38.2 Å². The van der Waals surface area contributed by atoms with Gasteiger partial charge in [0.2, 0.25) is 0 Å². The fourth-order valence-corrected chi connectivity index (χ4v) is 3.26. The molecule has 1 aromatic heterocycles. The molecule has 0 saturated carbocycles. The van der Waals surface area contributed by atoms with Crippen molar-refractivity contribution in [2.45, 2.75) is 26.3 Å². The van der Waals surface area contributed by atoms with Gasteiger partial charge in [0.05, 0.1) is 6.54 Å². The lowest BCUT2D eigenvalue weighted by molar-refractivity contribution is 0.161. The SMILES string of the molecule is Cc1ccc(NC(=O)NC[C@@H]2CCCN(Cc3nccn3C)C2)cc1. The van der Waals surface area contributed by atoms with Gasteiger partial charge >= 0.3 is 6.03 Å². The highest BCUT2D eigenvalue weighted by Gasteiger charge is 2.21. The predicted molar refractivity (Wildman–Crippen MR) is 99.4 cm³/mol. The van der Waals surface area contributed by atoms with Crippen molar-refractivity contribution in [2.75, 3.05) is 25.0 Å². The molecule has 0 radical (unpaired) electrons. The third-order valence-electron chi connectivity index (χ3n) is 4.75. The lowest BCUT2D eigenvalue weighted by Crippen LogP contribution is -2.41. The fourth-order valence-electron chi connectivity index (χ4n) is 3.26. The van der Waals surface area contributed by atoms with Gasteiger partial charge in [-0.25, -0.2) is 9.78 Å². The first kappa shape index (κ1) is 17.5. The summed E-state index contributed by atoms with van der Waals surface area (Å²) < 4.78 is 2.07. The van der Waals surface area contributed by atoms with Crippen LogP contribution in [0.25, 0.3) is 0 Å². The fraction of sp³-hybridized carbons (Fsp3) is 0.474. The molecule has 1 aliphatic heterocycles. The van der Waals surface area contributed by atoms with E-state index in [1.807, 2.05) is 50.6 Å². The number of aromatic nitrogens is 2. The number of aryl methyl sites for hydroxylation is 2. The van der Waals surface area contributed by atoms with Gasteiger partial charge < -0.3 is 15.2 Å². The summed E-state index contributed by atoms with van der Waals surface area (Å²) in [5, 5.41) is 5.90. The summed E-state index contributed by atoms with van der Waals surface area (Å²) in [6, 6.07) is 7.69. The van der Waals surface area contributed by atoms with Gasteiger partial charge in [-0.1, -0.05) is 17.7 Å². The minimum absolute atomic E-state index is 0.134. The second kappa shape index (κ2) is 8.16. The molecule has 2 heterocycles. The molecule has 1 atom stereocenters. The minimum Gasteiger partial charge on any atom is -0.338 e. The highest BCUT2D eigenvalue weighted by atomic mass is 16.2. The molecule has 2 N–H and O–H groups in total. The van der Waals surface area contributed by atoms with E-state index in [-0.39, 0.29) is 6.03 Å². The Morgan fingerprint density at radius 2 is 2.12 bits per heavy atom. The average Bonchev–Trinajstić information content (AvgIpc) is 3.00. The van der Waals surface area contributed by atoms with Crippen LogP contribution in [-0.4, -0.2) is 40.1 Å². The van der Waals surface area contributed by atoms with E-state index in [1.54, 1.807) is 0 Å². The van der Waals surface area contributed by atoms with Crippen molar-refractivity contribution < 1.29 is 4.79 Å². The molecule has 1 fully saturated rings. The number of likely N-dealkylation sites (tertiary alicyclic amines) is 1. The molecule has 1 saturated heterocycles. The quantitative estimate of drug-likeness (QED) is 0.879. The first-order valence-electron chi connectivity index (χ1n) is 8.90. The number of anilines is 1. The number of hydrogen-bond donors (Lipinski definition) is 2. The van der Waals surface area contributed by atoms with Crippen LogP contribution in [0.1, 0.15) is 24.2 Å². The molecule has 0 bridgehead atoms. The standard InChI is InChI=1S/C19H27N5O/c1-15-5-7-17(8-6-15)22-19(25)21-12-16-4-3-10-24(13-16)14-18-20-9-11-23(18)2/h5-9,11,16H,3-4,10,12-14H2,1-2H3,(H2,21,22,25)/t16-/m0/s1. The Morgan fingerprint density at radius 3 is 2.84 bits per heavy atom. The van der Waals surface area contributed by atoms with Gasteiger partial charge in [-0.3, -0.25) is 4.90 Å². The maximum absolute atomic E-state index is 12.1. The van der Waals surface area contributed by atoms with Crippen LogP contribution < -0.4 is 10.6 Å². The maximum Gasteiger partial charge on any atom is 0.319 e. The van der Waals surface area contributed by atoms with Gasteiger partial charge in [0.25, 0.3) is 0 Å². The number of benzene rings is 1. The molecule has 0 unspecified atom stereocenters. The summed E-state index contributed by atoms with van der Waals surface area (Å²) >= 11 is 0. The number of urea groups is 1. The highest BCUT2D eigenvalue weighted by Crippen LogP contribution is 2.17. The molecule has 6 nitrogen and oxygen atoms in total. The van der Waals surface area contributed by atoms with Gasteiger partial charge in [0.15, 0.2) is 0 Å². The zero-order valence-corrected chi connectivity index (χ0v) is 15.0. The molecule has 2 amide bonds. The molecule has 134 valence electrons. The van der Waals surface area contributed by atoms with Crippen molar-refractivity contribution in [1.82, 2.24) is 19.8 Å². The van der Waals surface area contributed by atoms with E-state index in [2.05, 4.69) is 25.1 Å². The summed E-state index contributed by atoms with van der Waals surface area (Å²) in [6.45, 7) is 5.70. The molecular weight excluding hydrogens is 314 g/mol. The van der Waals surface area contributed by atoms with E-state index in [9.17, 15) is 4.79 Å². The normalized spacial score (nSPS) is 18.1. The van der Waals surface area contributed by atoms with Crippen molar-refractivity contribution in [3.05, 3.63) is 48.0 Å². The summed E-state index contributed by atoms with van der Waals surface area (Å²) in [5.41, 5.74) is 2.00. The average molecular weight is 341 g/mol. The van der Waals surface area contributed by atoms with Gasteiger partial charge in [-0.05, 0) is 44.4 Å². The Balaban J connectivity index is 1.43. The molecule has 3 rings (SSSR count). The third kappa shape index (κ3) is 5.06. The van der Waals surface area contributed by atoms with E-state index in [1.165, 1.54) is 5.56 Å². The van der Waals surface area contributed by atoms with Crippen molar-refractivity contribution >= 4 is 11.7 Å². The number of nitrogens with zero attached hydrogens (tertiary/aromatic N) is 3. The van der Waals surface area contributed by atoms with E-state index < -0.39 is 0 Å². The smallest absolute Gasteiger partial charge is 0.319 e. The van der Waals surface area contributed by atoms with Crippen molar-refractivity contribution in [3.8, 4) is 0 Å². The Bertz CT molecular complexity index is 694. The molecule has 25 heavy (non-hydrogen) atoms. The van der Waals surface area contributed by atoms with Crippen LogP contribution in [0.5, 0.6) is 0 Å². The largest absolute Gasteiger partial charge is 0.338 e. The third-order valence-corrected chi connectivity index (χ3v) is 4.75. The van der Waals surface area contributed by atoms with E-state index in [0.717, 1.165) is 44.0 Å². The van der Waals surface area contributed by atoms with Gasteiger partial charge in [0.1, 0.15) is 5.82 Å². The number of carbonyl (C=O) groups is 1. The van der Waals surface area contributed by atoms with E-state index in [0.29, 0.717) is 12.5 Å². The number of rotatable bonds is 5. The van der Waals surface area contributed by atoms with E-state index in [4.69, 9.17) is 0 Å². The Hall–Kier alpha value is -2.34. The van der Waals surface area contributed by atoms with Crippen LogP contribution in [0.15, 0.2) is 36.7 Å². The maximum atomic E-state index is 12.1. The Labute approximate surface area is 149 Å². The summed E-state index contributed by atoms with van der Waals surface area (Å²) in [6.07, 6.45) is 6.14. The molecule has 2 aromatic rings. The number of nitrogens with one attached hydrogen (secondary N) is 2. The lowest BCUT2D eigenvalue weighted by atomic mass is 9.98. The molecule has 0 spiro atoms. The lowest BCUT2D eigenvalue weighted by Gasteiger charge is -2.32. The number of hydrogen-bond acceptors (Lipinski definition) is 3. The van der Waals surface area contributed by atoms with Crippen LogP contribution in [0.2, 0.25) is 0 Å². The summed E-state index contributed by atoms with van der Waals surface area (Å²) in [5.74, 6) is 1.57. The molecule has 1 aromatic carbocycles. The first-order valence-corrected chi connectivity index (χ1v) is 8.90. The zero-order chi connectivity index (χ0) is 17.6. The second-order valence-corrected chi connectivity index (χ2v) is 6.90. The van der Waals surface area contributed by atoms with Crippen molar-refractivity contribution in [1.29, 1.82) is 0 Å². The van der Waals surface area contributed by atoms with Gasteiger partial charge in [-0.15, -0.1) is 0 Å². The van der Waals surface area contributed by atoms with Crippen LogP contribution in [0.4, 0.5) is 10.5 Å². The molecule has 1 aliphatic rings. The van der Waals surface area contributed by atoms with Crippen LogP contribution in [-0.2, 0) is 13.6 Å². The van der Waals surface area contributed by atoms with Crippen LogP contribution >= 0.6 is 0 Å². The number of carbonyl (C=O) groups excluding carboxylic acids is 1. The zero-order valence-electron chi connectivity index (χ0n) is 15.0. The Kier molecular flexibility index (Phi) is 5.71. The number of amides is 2. The number of imidazole rings is 1. The Morgan fingerprint density at radius 1 is 1.32 bits per heavy atom. The predicted octanol–water partition coefficient (Wildman–Crippen LogP) is 2.76. The second-order valence-electron chi connectivity index (χ2n) is 6.90. The monoisotopic (exact) mass is 341 g/mol. The molecule has 0 aliphatic carbocycles. The summed E-state index contributed by atoms with van der Waals surface area (Å²) in [4.78, 5) is 18.9. The topological polar surface area (TPSA) is 62.2 Å². The van der Waals surface area contributed by atoms with Crippen molar-refractivity contribution in [2.24, 2.45) is 13.0 Å². The highest BCUT2D eigenvalue weighted by molar-refractivity contribution is 5.89. The molecule has 6 heteroatoms. The van der Waals surface area contributed by atoms with Crippen molar-refractivity contribution in [3.63, 3.8) is 0 Å². The van der Waals surface area contributed by atoms with Gasteiger partial charge in [-0.2, -0.15) is 0 Å². The molecular formula is C19H27N5O. The number of piperidine rings is 1. The van der Waals surface area contributed by atoms with Crippen LogP contribution in [0.3, 0.4) is 0 Å². The minimum atomic E-state index is -0.134. The first-order chi connectivity index (χ1) is 12.1. The van der Waals surface area contributed by atoms with E-state index >= 15 is 0 Å². The summed E-state index contributed by atoms with van der Waals surface area (Å²) in [7, 11) is 2.03.